The number of phenols is 1. The molecule has 3 aromatic carbocycles. The van der Waals surface area contributed by atoms with E-state index in [4.69, 9.17) is 23.2 Å². The average Bonchev–Trinajstić information content (AvgIpc) is 3.43. The molecule has 1 saturated carbocycles. The van der Waals surface area contributed by atoms with E-state index in [1.807, 2.05) is 12.1 Å². The van der Waals surface area contributed by atoms with Gasteiger partial charge in [0.2, 0.25) is 11.8 Å². The standard InChI is InChI=1S/C37H29BrCl2N2O6/c1-2-7-20-10-6-11-26(31(20)44)29-24-16-17-25-28(27(24)18-36(39)34(47)41(19-38)35(48)37(29,36)40)33(46)42(32(25)45)23-14-12-22(13-15-23)30(43)21-8-4-3-5-9-21/h2-6,8-16,25,27-29,44H,1,7,17-19H2/t25-,27+,28-,29+,36+,37-/m0/s1. The molecule has 0 spiro atoms. The first kappa shape index (κ1) is 32.5. The number of allylic oxidation sites excluding steroid dienone is 3. The Morgan fingerprint density at radius 2 is 1.60 bits per heavy atom. The van der Waals surface area contributed by atoms with Crippen LogP contribution in [0.2, 0.25) is 0 Å². The van der Waals surface area contributed by atoms with E-state index in [1.165, 1.54) is 0 Å². The maximum absolute atomic E-state index is 14.3. The minimum Gasteiger partial charge on any atom is -0.507 e. The number of nitrogens with zero attached hydrogens (tertiary/aromatic N) is 2. The van der Waals surface area contributed by atoms with Gasteiger partial charge in [-0.05, 0) is 55.0 Å². The molecule has 8 nitrogen and oxygen atoms in total. The van der Waals surface area contributed by atoms with Crippen LogP contribution in [0.1, 0.15) is 45.8 Å². The van der Waals surface area contributed by atoms with Crippen LogP contribution in [-0.4, -0.2) is 54.6 Å². The predicted octanol–water partition coefficient (Wildman–Crippen LogP) is 6.27. The lowest BCUT2D eigenvalue weighted by Crippen LogP contribution is -2.60. The van der Waals surface area contributed by atoms with Crippen LogP contribution in [0.25, 0.3) is 0 Å². The quantitative estimate of drug-likeness (QED) is 0.100. The van der Waals surface area contributed by atoms with E-state index in [0.717, 1.165) is 9.80 Å². The van der Waals surface area contributed by atoms with Crippen LogP contribution in [0.3, 0.4) is 0 Å². The van der Waals surface area contributed by atoms with Crippen molar-refractivity contribution >= 4 is 74.2 Å². The number of anilines is 1. The van der Waals surface area contributed by atoms with Gasteiger partial charge in [0, 0.05) is 22.6 Å². The lowest BCUT2D eigenvalue weighted by atomic mass is 9.56. The molecule has 2 aliphatic heterocycles. The predicted molar refractivity (Wildman–Crippen MR) is 184 cm³/mol. The SMILES string of the molecule is C=CCc1cccc([C@H]2C3=CC[C@@H]4C(=O)N(c5ccc(C(=O)c6ccccc6)cc5)C(=O)[C@@H]4[C@@H]3C[C@@]3(Cl)C(=O)N(CBr)C(=O)[C@@]23Cl)c1O. The van der Waals surface area contributed by atoms with Crippen LogP contribution in [0.5, 0.6) is 5.75 Å². The fourth-order valence-electron chi connectivity index (χ4n) is 8.04. The van der Waals surface area contributed by atoms with E-state index in [1.54, 1.807) is 72.8 Å². The van der Waals surface area contributed by atoms with Crippen molar-refractivity contribution in [2.75, 3.05) is 10.4 Å². The first-order chi connectivity index (χ1) is 23.0. The van der Waals surface area contributed by atoms with Crippen molar-refractivity contribution < 1.29 is 29.1 Å². The van der Waals surface area contributed by atoms with E-state index in [0.29, 0.717) is 39.9 Å². The van der Waals surface area contributed by atoms with Crippen molar-refractivity contribution in [3.05, 3.63) is 119 Å². The molecule has 11 heteroatoms. The summed E-state index contributed by atoms with van der Waals surface area (Å²) in [5, 5.41) is 11.5. The number of fused-ring (bicyclic) bond motifs is 4. The monoisotopic (exact) mass is 746 g/mol. The molecule has 244 valence electrons. The Labute approximate surface area is 295 Å². The lowest BCUT2D eigenvalue weighted by molar-refractivity contribution is -0.138. The van der Waals surface area contributed by atoms with Gasteiger partial charge in [-0.15, -0.1) is 29.8 Å². The number of phenolic OH excluding ortho intramolecular Hbond substituents is 1. The molecule has 2 heterocycles. The fourth-order valence-corrected chi connectivity index (χ4v) is 9.45. The summed E-state index contributed by atoms with van der Waals surface area (Å²) in [6, 6.07) is 20.2. The molecule has 3 fully saturated rings. The second-order valence-corrected chi connectivity index (χ2v) is 14.3. The molecule has 0 aromatic heterocycles. The van der Waals surface area contributed by atoms with Crippen LogP contribution < -0.4 is 4.90 Å². The Balaban J connectivity index is 1.30. The van der Waals surface area contributed by atoms with Gasteiger partial charge in [0.05, 0.1) is 23.0 Å². The second-order valence-electron chi connectivity index (χ2n) is 12.6. The van der Waals surface area contributed by atoms with E-state index in [2.05, 4.69) is 22.5 Å². The zero-order valence-electron chi connectivity index (χ0n) is 25.4. The van der Waals surface area contributed by atoms with Gasteiger partial charge < -0.3 is 5.11 Å². The van der Waals surface area contributed by atoms with Crippen LogP contribution in [0.4, 0.5) is 5.69 Å². The first-order valence-corrected chi connectivity index (χ1v) is 17.4. The zero-order chi connectivity index (χ0) is 34.1. The number of para-hydroxylation sites is 1. The Bertz CT molecular complexity index is 1950. The van der Waals surface area contributed by atoms with Crippen molar-refractivity contribution in [3.8, 4) is 5.75 Å². The largest absolute Gasteiger partial charge is 0.507 e. The third kappa shape index (κ3) is 4.43. The van der Waals surface area contributed by atoms with Crippen LogP contribution in [-0.2, 0) is 25.6 Å². The Hall–Kier alpha value is -4.05. The number of hydrogen-bond donors (Lipinski definition) is 1. The minimum absolute atomic E-state index is 0.108. The first-order valence-electron chi connectivity index (χ1n) is 15.5. The van der Waals surface area contributed by atoms with E-state index < -0.39 is 57.0 Å². The van der Waals surface area contributed by atoms with Gasteiger partial charge in [0.1, 0.15) is 5.75 Å². The second kappa shape index (κ2) is 11.8. The van der Waals surface area contributed by atoms with Gasteiger partial charge in [0.25, 0.3) is 11.8 Å². The number of carbonyl (C=O) groups excluding carboxylic acids is 5. The summed E-state index contributed by atoms with van der Waals surface area (Å²) in [5.41, 5.74) is 2.51. The van der Waals surface area contributed by atoms with Crippen molar-refractivity contribution in [3.63, 3.8) is 0 Å². The van der Waals surface area contributed by atoms with E-state index in [9.17, 15) is 29.1 Å². The van der Waals surface area contributed by atoms with E-state index >= 15 is 0 Å². The molecule has 0 bridgehead atoms. The highest BCUT2D eigenvalue weighted by Crippen LogP contribution is 2.66. The maximum Gasteiger partial charge on any atom is 0.254 e. The van der Waals surface area contributed by atoms with Crippen LogP contribution in [0, 0.1) is 17.8 Å². The number of ketones is 1. The maximum atomic E-state index is 14.3. The van der Waals surface area contributed by atoms with Gasteiger partial charge in [-0.25, -0.2) is 0 Å². The number of imide groups is 2. The summed E-state index contributed by atoms with van der Waals surface area (Å²) in [4.78, 5) is 67.3. The average molecular weight is 748 g/mol. The molecule has 2 saturated heterocycles. The normalized spacial score (nSPS) is 29.4. The highest BCUT2D eigenvalue weighted by atomic mass is 79.9. The molecular weight excluding hydrogens is 719 g/mol. The van der Waals surface area contributed by atoms with Crippen molar-refractivity contribution in [1.29, 1.82) is 0 Å². The topological polar surface area (TPSA) is 112 Å². The molecule has 0 unspecified atom stereocenters. The molecule has 6 atom stereocenters. The highest BCUT2D eigenvalue weighted by Gasteiger charge is 2.76. The summed E-state index contributed by atoms with van der Waals surface area (Å²) in [6.45, 7) is 3.77. The van der Waals surface area contributed by atoms with Crippen molar-refractivity contribution in [2.45, 2.75) is 34.9 Å². The molecule has 0 radical (unpaired) electrons. The van der Waals surface area contributed by atoms with Gasteiger partial charge in [0.15, 0.2) is 15.5 Å². The highest BCUT2D eigenvalue weighted by molar-refractivity contribution is 9.09. The number of halogens is 3. The Kier molecular flexibility index (Phi) is 8.01. The van der Waals surface area contributed by atoms with Crippen molar-refractivity contribution in [2.24, 2.45) is 17.8 Å². The Morgan fingerprint density at radius 3 is 2.27 bits per heavy atom. The molecule has 4 amide bonds. The van der Waals surface area contributed by atoms with E-state index in [-0.39, 0.29) is 29.8 Å². The van der Waals surface area contributed by atoms with Gasteiger partial charge in [-0.2, -0.15) is 0 Å². The number of hydrogen-bond acceptors (Lipinski definition) is 6. The molecule has 48 heavy (non-hydrogen) atoms. The number of amides is 4. The third-order valence-electron chi connectivity index (χ3n) is 10.3. The summed E-state index contributed by atoms with van der Waals surface area (Å²) in [5.74, 6) is -6.06. The number of aromatic hydroxyl groups is 1. The molecule has 7 rings (SSSR count). The van der Waals surface area contributed by atoms with Crippen molar-refractivity contribution in [1.82, 2.24) is 4.90 Å². The van der Waals surface area contributed by atoms with Gasteiger partial charge in [-0.3, -0.25) is 33.8 Å². The summed E-state index contributed by atoms with van der Waals surface area (Å²) < 4.78 is 0. The molecule has 1 N–H and O–H groups in total. The fraction of sp³-hybridized carbons (Fsp3) is 0.270. The molecular formula is C37H29BrCl2N2O6. The summed E-state index contributed by atoms with van der Waals surface area (Å²) >= 11 is 17.8. The summed E-state index contributed by atoms with van der Waals surface area (Å²) in [6.07, 6.45) is 3.80. The third-order valence-corrected chi connectivity index (χ3v) is 12.2. The number of alkyl halides is 3. The molecule has 4 aliphatic rings. The number of rotatable bonds is 7. The smallest absolute Gasteiger partial charge is 0.254 e. The van der Waals surface area contributed by atoms with Gasteiger partial charge >= 0.3 is 0 Å². The summed E-state index contributed by atoms with van der Waals surface area (Å²) in [7, 11) is 0. The molecule has 3 aromatic rings. The number of carbonyl (C=O) groups is 5. The minimum atomic E-state index is -2.02. The molecule has 2 aliphatic carbocycles. The zero-order valence-corrected chi connectivity index (χ0v) is 28.5. The number of likely N-dealkylation sites (tertiary alicyclic amines) is 1. The lowest BCUT2D eigenvalue weighted by Gasteiger charge is -2.50. The van der Waals surface area contributed by atoms with Crippen LogP contribution >= 0.6 is 39.1 Å². The number of benzene rings is 3. The Morgan fingerprint density at radius 1 is 0.917 bits per heavy atom. The van der Waals surface area contributed by atoms with Gasteiger partial charge in [-0.1, -0.05) is 82.2 Å². The van der Waals surface area contributed by atoms with Crippen LogP contribution in [0.15, 0.2) is 97.1 Å².